The van der Waals surface area contributed by atoms with Crippen LogP contribution in [-0.4, -0.2) is 32.6 Å². The molecule has 1 aliphatic rings. The average molecular weight is 358 g/mol. The summed E-state index contributed by atoms with van der Waals surface area (Å²) in [7, 11) is 0. The first-order valence-electron chi connectivity index (χ1n) is 9.55. The SMILES string of the molecule is O=c1[nH]c2cc(C3CCCN(Cc4ccccc4)C3)nn2c2ccccc12. The van der Waals surface area contributed by atoms with Crippen LogP contribution in [0.3, 0.4) is 0 Å². The molecule has 0 spiro atoms. The Labute approximate surface area is 157 Å². The van der Waals surface area contributed by atoms with E-state index in [0.29, 0.717) is 11.3 Å². The van der Waals surface area contributed by atoms with Crippen LogP contribution in [0.2, 0.25) is 0 Å². The van der Waals surface area contributed by atoms with Crippen LogP contribution in [0.5, 0.6) is 0 Å². The fraction of sp³-hybridized carbons (Fsp3) is 0.273. The first-order chi connectivity index (χ1) is 13.3. The molecule has 0 bridgehead atoms. The van der Waals surface area contributed by atoms with Crippen molar-refractivity contribution in [3.05, 3.63) is 82.3 Å². The van der Waals surface area contributed by atoms with Gasteiger partial charge >= 0.3 is 0 Å². The first-order valence-corrected chi connectivity index (χ1v) is 9.55. The zero-order valence-electron chi connectivity index (χ0n) is 15.1. The van der Waals surface area contributed by atoms with Gasteiger partial charge in [-0.2, -0.15) is 5.10 Å². The highest BCUT2D eigenvalue weighted by Gasteiger charge is 2.24. The quantitative estimate of drug-likeness (QED) is 0.609. The summed E-state index contributed by atoms with van der Waals surface area (Å²) in [6.07, 6.45) is 2.31. The van der Waals surface area contributed by atoms with Gasteiger partial charge in [0.05, 0.1) is 16.6 Å². The maximum absolute atomic E-state index is 12.3. The highest BCUT2D eigenvalue weighted by Crippen LogP contribution is 2.28. The molecule has 1 atom stereocenters. The predicted octanol–water partition coefficient (Wildman–Crippen LogP) is 3.56. The maximum Gasteiger partial charge on any atom is 0.259 e. The van der Waals surface area contributed by atoms with Crippen LogP contribution in [0.15, 0.2) is 65.5 Å². The van der Waals surface area contributed by atoms with Gasteiger partial charge < -0.3 is 4.98 Å². The van der Waals surface area contributed by atoms with Crippen LogP contribution in [-0.2, 0) is 6.54 Å². The van der Waals surface area contributed by atoms with E-state index in [1.807, 2.05) is 34.8 Å². The summed E-state index contributed by atoms with van der Waals surface area (Å²) in [4.78, 5) is 17.8. The van der Waals surface area contributed by atoms with E-state index in [1.54, 1.807) is 0 Å². The molecule has 0 amide bonds. The molecule has 0 aliphatic carbocycles. The lowest BCUT2D eigenvalue weighted by molar-refractivity contribution is 0.198. The largest absolute Gasteiger partial charge is 0.306 e. The molecule has 5 heteroatoms. The monoisotopic (exact) mass is 358 g/mol. The molecule has 2 aromatic carbocycles. The minimum atomic E-state index is -0.0566. The number of aromatic amines is 1. The molecule has 3 heterocycles. The van der Waals surface area contributed by atoms with Crippen LogP contribution in [0, 0.1) is 0 Å². The van der Waals surface area contributed by atoms with Crippen LogP contribution in [0.1, 0.15) is 30.0 Å². The molecule has 5 rings (SSSR count). The molecule has 0 radical (unpaired) electrons. The second-order valence-corrected chi connectivity index (χ2v) is 7.40. The van der Waals surface area contributed by atoms with Gasteiger partial charge in [-0.15, -0.1) is 0 Å². The average Bonchev–Trinajstić information content (AvgIpc) is 3.14. The van der Waals surface area contributed by atoms with Gasteiger partial charge in [0.1, 0.15) is 5.65 Å². The van der Waals surface area contributed by atoms with Gasteiger partial charge in [0.15, 0.2) is 0 Å². The third kappa shape index (κ3) is 3.04. The van der Waals surface area contributed by atoms with Gasteiger partial charge in [-0.3, -0.25) is 9.69 Å². The van der Waals surface area contributed by atoms with E-state index in [9.17, 15) is 4.79 Å². The molecule has 5 nitrogen and oxygen atoms in total. The number of hydrogen-bond donors (Lipinski definition) is 1. The molecule has 0 saturated carbocycles. The number of likely N-dealkylation sites (tertiary alicyclic amines) is 1. The third-order valence-electron chi connectivity index (χ3n) is 5.52. The molecule has 1 aliphatic heterocycles. The Morgan fingerprint density at radius 3 is 2.78 bits per heavy atom. The smallest absolute Gasteiger partial charge is 0.259 e. The fourth-order valence-corrected chi connectivity index (χ4v) is 4.19. The number of H-pyrrole nitrogens is 1. The molecular weight excluding hydrogens is 336 g/mol. The Morgan fingerprint density at radius 1 is 1.07 bits per heavy atom. The highest BCUT2D eigenvalue weighted by atomic mass is 16.1. The lowest BCUT2D eigenvalue weighted by atomic mass is 9.94. The standard InChI is InChI=1S/C22H22N4O/c27-22-18-10-4-5-11-20(18)26-21(23-22)13-19(24-26)17-9-6-12-25(15-17)14-16-7-2-1-3-8-16/h1-5,7-8,10-11,13,17H,6,9,12,14-15H2,(H,23,27). The van der Waals surface area contributed by atoms with Crippen molar-refractivity contribution in [2.75, 3.05) is 13.1 Å². The fourth-order valence-electron chi connectivity index (χ4n) is 4.19. The van der Waals surface area contributed by atoms with Gasteiger partial charge in [0, 0.05) is 25.1 Å². The summed E-state index contributed by atoms with van der Waals surface area (Å²) in [5.41, 5.74) is 4.00. The molecule has 1 N–H and O–H groups in total. The van der Waals surface area contributed by atoms with E-state index in [1.165, 1.54) is 12.0 Å². The van der Waals surface area contributed by atoms with Crippen molar-refractivity contribution in [1.29, 1.82) is 0 Å². The van der Waals surface area contributed by atoms with Crippen LogP contribution >= 0.6 is 0 Å². The van der Waals surface area contributed by atoms with E-state index in [2.05, 4.69) is 40.2 Å². The molecule has 2 aromatic heterocycles. The van der Waals surface area contributed by atoms with Gasteiger partial charge in [0.2, 0.25) is 0 Å². The summed E-state index contributed by atoms with van der Waals surface area (Å²) in [5, 5.41) is 5.54. The number of aromatic nitrogens is 3. The summed E-state index contributed by atoms with van der Waals surface area (Å²) in [5.74, 6) is 0.393. The number of fused-ring (bicyclic) bond motifs is 3. The third-order valence-corrected chi connectivity index (χ3v) is 5.52. The summed E-state index contributed by atoms with van der Waals surface area (Å²) in [6.45, 7) is 3.10. The van der Waals surface area contributed by atoms with Crippen LogP contribution < -0.4 is 5.56 Å². The molecule has 136 valence electrons. The van der Waals surface area contributed by atoms with Gasteiger partial charge in [-0.25, -0.2) is 4.52 Å². The number of benzene rings is 2. The van der Waals surface area contributed by atoms with Crippen molar-refractivity contribution in [3.63, 3.8) is 0 Å². The minimum absolute atomic E-state index is 0.0566. The van der Waals surface area contributed by atoms with Crippen molar-refractivity contribution < 1.29 is 0 Å². The molecule has 4 aromatic rings. The van der Waals surface area contributed by atoms with E-state index >= 15 is 0 Å². The van der Waals surface area contributed by atoms with Gasteiger partial charge in [0.25, 0.3) is 5.56 Å². The number of hydrogen-bond acceptors (Lipinski definition) is 3. The number of para-hydroxylation sites is 1. The summed E-state index contributed by atoms with van der Waals surface area (Å²) in [6, 6.07) is 20.3. The van der Waals surface area contributed by atoms with Crippen molar-refractivity contribution in [1.82, 2.24) is 19.5 Å². The van der Waals surface area contributed by atoms with Crippen molar-refractivity contribution in [2.24, 2.45) is 0 Å². The summed E-state index contributed by atoms with van der Waals surface area (Å²) < 4.78 is 1.88. The van der Waals surface area contributed by atoms with Crippen molar-refractivity contribution in [3.8, 4) is 0 Å². The molecular formula is C22H22N4O. The van der Waals surface area contributed by atoms with Crippen molar-refractivity contribution in [2.45, 2.75) is 25.3 Å². The van der Waals surface area contributed by atoms with Crippen LogP contribution in [0.25, 0.3) is 16.6 Å². The van der Waals surface area contributed by atoms with E-state index < -0.39 is 0 Å². The molecule has 1 unspecified atom stereocenters. The Kier molecular flexibility index (Phi) is 4.02. The molecule has 1 fully saturated rings. The van der Waals surface area contributed by atoms with E-state index in [-0.39, 0.29) is 5.56 Å². The first kappa shape index (κ1) is 16.3. The van der Waals surface area contributed by atoms with Crippen LogP contribution in [0.4, 0.5) is 0 Å². The van der Waals surface area contributed by atoms with E-state index in [0.717, 1.165) is 42.9 Å². The van der Waals surface area contributed by atoms with Gasteiger partial charge in [-0.1, -0.05) is 42.5 Å². The Hall–Kier alpha value is -2.92. The lowest BCUT2D eigenvalue weighted by Crippen LogP contribution is -2.34. The molecule has 27 heavy (non-hydrogen) atoms. The predicted molar refractivity (Wildman–Crippen MR) is 107 cm³/mol. The lowest BCUT2D eigenvalue weighted by Gasteiger charge is -2.31. The summed E-state index contributed by atoms with van der Waals surface area (Å²) >= 11 is 0. The second kappa shape index (κ2) is 6.67. The number of piperidine rings is 1. The minimum Gasteiger partial charge on any atom is -0.306 e. The Balaban J connectivity index is 1.46. The second-order valence-electron chi connectivity index (χ2n) is 7.40. The number of nitrogens with zero attached hydrogens (tertiary/aromatic N) is 3. The maximum atomic E-state index is 12.3. The normalized spacial score (nSPS) is 18.3. The zero-order chi connectivity index (χ0) is 18.2. The van der Waals surface area contributed by atoms with E-state index in [4.69, 9.17) is 5.10 Å². The Morgan fingerprint density at radius 2 is 1.89 bits per heavy atom. The Bertz CT molecular complexity index is 1150. The van der Waals surface area contributed by atoms with Gasteiger partial charge in [-0.05, 0) is 37.1 Å². The van der Waals surface area contributed by atoms with Crippen molar-refractivity contribution >= 4 is 16.6 Å². The number of rotatable bonds is 3. The number of nitrogens with one attached hydrogen (secondary N) is 1. The highest BCUT2D eigenvalue weighted by molar-refractivity contribution is 5.80. The molecule has 1 saturated heterocycles. The zero-order valence-corrected chi connectivity index (χ0v) is 15.1. The topological polar surface area (TPSA) is 53.4 Å².